The van der Waals surface area contributed by atoms with Gasteiger partial charge in [0, 0.05) is 12.3 Å². The molecule has 1 N–H and O–H groups in total. The molecule has 2 aromatic rings. The lowest BCUT2D eigenvalue weighted by molar-refractivity contribution is -0.385. The van der Waals surface area contributed by atoms with Crippen molar-refractivity contribution in [2.45, 2.75) is 6.61 Å². The van der Waals surface area contributed by atoms with E-state index in [4.69, 9.17) is 21.1 Å². The summed E-state index contributed by atoms with van der Waals surface area (Å²) < 4.78 is 38.6. The fourth-order valence-electron chi connectivity index (χ4n) is 2.05. The molecule has 154 valence electrons. The van der Waals surface area contributed by atoms with Gasteiger partial charge in [0.05, 0.1) is 23.1 Å². The Balaban J connectivity index is 2.15. The van der Waals surface area contributed by atoms with Crippen LogP contribution in [-0.4, -0.2) is 42.1 Å². The highest BCUT2D eigenvalue weighted by atomic mass is 35.5. The first-order valence-corrected chi connectivity index (χ1v) is 7.98. The van der Waals surface area contributed by atoms with Crippen LogP contribution in [0.1, 0.15) is 10.4 Å². The van der Waals surface area contributed by atoms with E-state index in [1.807, 2.05) is 0 Å². The van der Waals surface area contributed by atoms with E-state index in [2.05, 4.69) is 15.0 Å². The zero-order chi connectivity index (χ0) is 21.6. The molecule has 1 amide bonds. The number of halogens is 3. The summed E-state index contributed by atoms with van der Waals surface area (Å²) in [5, 5.41) is 13.8. The number of aromatic nitrogens is 1. The Kier molecular flexibility index (Phi) is 7.20. The summed E-state index contributed by atoms with van der Waals surface area (Å²) in [5.74, 6) is -2.90. The van der Waals surface area contributed by atoms with E-state index in [9.17, 15) is 28.5 Å². The van der Waals surface area contributed by atoms with Crippen molar-refractivity contribution in [1.82, 2.24) is 4.98 Å². The van der Waals surface area contributed by atoms with Crippen molar-refractivity contribution in [3.63, 3.8) is 0 Å². The number of methoxy groups -OCH3 is 1. The van der Waals surface area contributed by atoms with Gasteiger partial charge in [-0.25, -0.2) is 9.78 Å². The minimum Gasteiger partial charge on any atom is -0.493 e. The van der Waals surface area contributed by atoms with E-state index in [1.54, 1.807) is 0 Å². The minimum atomic E-state index is -3.27. The molecule has 0 saturated heterocycles. The summed E-state index contributed by atoms with van der Waals surface area (Å²) in [5.41, 5.74) is -1.49. The van der Waals surface area contributed by atoms with E-state index in [0.717, 1.165) is 13.2 Å². The zero-order valence-electron chi connectivity index (χ0n) is 14.6. The number of amides is 1. The third-order valence-corrected chi connectivity index (χ3v) is 3.47. The van der Waals surface area contributed by atoms with Crippen molar-refractivity contribution in [2.75, 3.05) is 19.0 Å². The van der Waals surface area contributed by atoms with Crippen molar-refractivity contribution < 1.29 is 37.5 Å². The maximum atomic E-state index is 12.4. The molecule has 0 unspecified atom stereocenters. The zero-order valence-corrected chi connectivity index (χ0v) is 15.3. The van der Waals surface area contributed by atoms with Crippen LogP contribution < -0.4 is 14.8 Å². The van der Waals surface area contributed by atoms with Gasteiger partial charge >= 0.3 is 12.6 Å². The van der Waals surface area contributed by atoms with Gasteiger partial charge in [0.15, 0.2) is 18.1 Å². The Morgan fingerprint density at radius 1 is 1.31 bits per heavy atom. The monoisotopic (exact) mass is 431 g/mol. The quantitative estimate of drug-likeness (QED) is 0.383. The van der Waals surface area contributed by atoms with Crippen LogP contribution in [0.15, 0.2) is 30.5 Å². The standard InChI is InChI=1S/C16H12ClF2N3O7/c1-27-11-4-9(10(22(25)26)5-12(11)29-16(18)19)15(24)28-7-14(23)21-13-3-2-8(17)6-20-13/h2-6,16H,7H2,1H3,(H,20,21,23). The lowest BCUT2D eigenvalue weighted by Gasteiger charge is -2.12. The number of hydrogen-bond acceptors (Lipinski definition) is 8. The van der Waals surface area contributed by atoms with Gasteiger partial charge in [-0.1, -0.05) is 11.6 Å². The normalized spacial score (nSPS) is 10.4. The van der Waals surface area contributed by atoms with Gasteiger partial charge in [-0.15, -0.1) is 0 Å². The van der Waals surface area contributed by atoms with Crippen LogP contribution in [-0.2, 0) is 9.53 Å². The first kappa shape index (κ1) is 21.8. The average Bonchev–Trinajstić information content (AvgIpc) is 2.67. The lowest BCUT2D eigenvalue weighted by Crippen LogP contribution is -2.22. The molecule has 1 heterocycles. The van der Waals surface area contributed by atoms with Gasteiger partial charge < -0.3 is 19.5 Å². The van der Waals surface area contributed by atoms with Crippen LogP contribution in [0, 0.1) is 10.1 Å². The molecule has 1 aromatic heterocycles. The van der Waals surface area contributed by atoms with Crippen LogP contribution in [0.25, 0.3) is 0 Å². The van der Waals surface area contributed by atoms with E-state index in [1.165, 1.54) is 18.3 Å². The summed E-state index contributed by atoms with van der Waals surface area (Å²) >= 11 is 5.66. The number of nitrogens with one attached hydrogen (secondary N) is 1. The van der Waals surface area contributed by atoms with Gasteiger partial charge in [-0.3, -0.25) is 14.9 Å². The first-order chi connectivity index (χ1) is 13.7. The number of pyridine rings is 1. The minimum absolute atomic E-state index is 0.136. The van der Waals surface area contributed by atoms with Gasteiger partial charge in [0.2, 0.25) is 0 Å². The Labute approximate surface area is 166 Å². The molecule has 0 bridgehead atoms. The van der Waals surface area contributed by atoms with E-state index in [0.29, 0.717) is 11.1 Å². The number of alkyl halides is 2. The Hall–Kier alpha value is -3.54. The summed E-state index contributed by atoms with van der Waals surface area (Å²) in [6.07, 6.45) is 1.28. The number of esters is 1. The SMILES string of the molecule is COc1cc(C(=O)OCC(=O)Nc2ccc(Cl)cn2)c([N+](=O)[O-])cc1OC(F)F. The molecule has 0 aliphatic rings. The molecule has 0 aliphatic heterocycles. The highest BCUT2D eigenvalue weighted by Gasteiger charge is 2.27. The van der Waals surface area contributed by atoms with E-state index >= 15 is 0 Å². The van der Waals surface area contributed by atoms with Gasteiger partial charge in [0.1, 0.15) is 11.4 Å². The van der Waals surface area contributed by atoms with Crippen LogP contribution in [0.2, 0.25) is 5.02 Å². The highest BCUT2D eigenvalue weighted by molar-refractivity contribution is 6.30. The molecule has 0 spiro atoms. The number of nitro benzene ring substituents is 1. The Bertz CT molecular complexity index is 925. The molecular formula is C16H12ClF2N3O7. The highest BCUT2D eigenvalue weighted by Crippen LogP contribution is 2.36. The molecule has 0 saturated carbocycles. The van der Waals surface area contributed by atoms with Gasteiger partial charge in [-0.05, 0) is 12.1 Å². The number of hydrogen-bond donors (Lipinski definition) is 1. The maximum Gasteiger partial charge on any atom is 0.387 e. The smallest absolute Gasteiger partial charge is 0.387 e. The number of carbonyl (C=O) groups is 2. The van der Waals surface area contributed by atoms with Crippen LogP contribution in [0.4, 0.5) is 20.3 Å². The second kappa shape index (κ2) is 9.59. The molecule has 29 heavy (non-hydrogen) atoms. The first-order valence-electron chi connectivity index (χ1n) is 7.61. The summed E-state index contributed by atoms with van der Waals surface area (Å²) in [7, 11) is 1.08. The number of benzene rings is 1. The molecule has 0 aliphatic carbocycles. The molecule has 1 aromatic carbocycles. The van der Waals surface area contributed by atoms with Crippen molar-refractivity contribution >= 4 is 35.0 Å². The van der Waals surface area contributed by atoms with Crippen molar-refractivity contribution in [1.29, 1.82) is 0 Å². The molecular weight excluding hydrogens is 420 g/mol. The van der Waals surface area contributed by atoms with Crippen LogP contribution >= 0.6 is 11.6 Å². The topological polar surface area (TPSA) is 130 Å². The van der Waals surface area contributed by atoms with Crippen molar-refractivity contribution in [2.24, 2.45) is 0 Å². The Morgan fingerprint density at radius 3 is 2.59 bits per heavy atom. The Morgan fingerprint density at radius 2 is 2.03 bits per heavy atom. The number of nitro groups is 1. The average molecular weight is 432 g/mol. The molecule has 2 rings (SSSR count). The predicted octanol–water partition coefficient (Wildman–Crippen LogP) is 3.05. The fourth-order valence-corrected chi connectivity index (χ4v) is 2.16. The third-order valence-electron chi connectivity index (χ3n) is 3.24. The molecule has 0 fully saturated rings. The molecule has 0 atom stereocenters. The predicted molar refractivity (Wildman–Crippen MR) is 94.4 cm³/mol. The molecule has 10 nitrogen and oxygen atoms in total. The molecule has 13 heteroatoms. The summed E-state index contributed by atoms with van der Waals surface area (Å²) in [4.78, 5) is 38.0. The molecule has 0 radical (unpaired) electrons. The van der Waals surface area contributed by atoms with E-state index in [-0.39, 0.29) is 11.6 Å². The number of rotatable bonds is 8. The lowest BCUT2D eigenvalue weighted by atomic mass is 10.1. The number of nitrogens with zero attached hydrogens (tertiary/aromatic N) is 2. The van der Waals surface area contributed by atoms with Crippen molar-refractivity contribution in [3.05, 3.63) is 51.2 Å². The second-order valence-electron chi connectivity index (χ2n) is 5.14. The number of ether oxygens (including phenoxy) is 3. The van der Waals surface area contributed by atoms with Gasteiger partial charge in [0.25, 0.3) is 11.6 Å². The summed E-state index contributed by atoms with van der Waals surface area (Å²) in [6.45, 7) is -4.07. The largest absolute Gasteiger partial charge is 0.493 e. The van der Waals surface area contributed by atoms with E-state index < -0.39 is 47.0 Å². The van der Waals surface area contributed by atoms with Crippen molar-refractivity contribution in [3.8, 4) is 11.5 Å². The second-order valence-corrected chi connectivity index (χ2v) is 5.58. The third kappa shape index (κ3) is 5.97. The van der Waals surface area contributed by atoms with Gasteiger partial charge in [-0.2, -0.15) is 8.78 Å². The fraction of sp³-hybridized carbons (Fsp3) is 0.188. The maximum absolute atomic E-state index is 12.4. The van der Waals surface area contributed by atoms with Crippen LogP contribution in [0.3, 0.4) is 0 Å². The number of carbonyl (C=O) groups excluding carboxylic acids is 2. The summed E-state index contributed by atoms with van der Waals surface area (Å²) in [6, 6.07) is 4.27. The number of anilines is 1. The van der Waals surface area contributed by atoms with Crippen LogP contribution in [0.5, 0.6) is 11.5 Å².